The van der Waals surface area contributed by atoms with E-state index in [0.29, 0.717) is 0 Å². The molecule has 4 rings (SSSR count). The van der Waals surface area contributed by atoms with E-state index in [4.69, 9.17) is 0 Å². The number of aromatic nitrogens is 2. The van der Waals surface area contributed by atoms with Crippen molar-refractivity contribution in [3.63, 3.8) is 0 Å². The molecule has 0 radical (unpaired) electrons. The normalized spacial score (nSPS) is 9.71. The van der Waals surface area contributed by atoms with Crippen molar-refractivity contribution in [1.29, 1.82) is 0 Å². The third-order valence-corrected chi connectivity index (χ3v) is 5.77. The second-order valence-electron chi connectivity index (χ2n) is 6.95. The number of nitro groups is 2. The van der Waals surface area contributed by atoms with Gasteiger partial charge in [0.25, 0.3) is 11.4 Å². The Labute approximate surface area is 220 Å². The van der Waals surface area contributed by atoms with E-state index in [-0.39, 0.29) is 11.4 Å². The van der Waals surface area contributed by atoms with Gasteiger partial charge in [0, 0.05) is 46.5 Å². The first-order chi connectivity index (χ1) is 16.6. The Bertz CT molecular complexity index is 1260. The Hall–Kier alpha value is -3.28. The molecule has 180 valence electrons. The zero-order valence-corrected chi connectivity index (χ0v) is 22.0. The highest BCUT2D eigenvalue weighted by atomic mass is 79.9. The van der Waals surface area contributed by atoms with E-state index in [1.165, 1.54) is 41.6 Å². The van der Waals surface area contributed by atoms with Gasteiger partial charge in [0.15, 0.2) is 0 Å². The fourth-order valence-corrected chi connectivity index (χ4v) is 3.89. The molecule has 2 aromatic carbocycles. The van der Waals surface area contributed by atoms with Gasteiger partial charge in [0.2, 0.25) is 0 Å². The summed E-state index contributed by atoms with van der Waals surface area (Å²) in [6.45, 7) is 4.04. The number of aryl methyl sites for hydroxylation is 2. The minimum absolute atomic E-state index is 0.0952. The van der Waals surface area contributed by atoms with Crippen molar-refractivity contribution in [2.24, 2.45) is 0 Å². The topological polar surface area (TPSA) is 112 Å². The van der Waals surface area contributed by atoms with Gasteiger partial charge in [-0.25, -0.2) is 9.97 Å². The number of hydrogen-bond donors (Lipinski definition) is 1. The maximum Gasteiger partial charge on any atom is 0.269 e. The summed E-state index contributed by atoms with van der Waals surface area (Å²) in [6, 6.07) is 20.3. The van der Waals surface area contributed by atoms with Crippen LogP contribution in [-0.2, 0) is 0 Å². The summed E-state index contributed by atoms with van der Waals surface area (Å²) in [5.41, 5.74) is 2.57. The first-order valence-corrected chi connectivity index (χ1v) is 12.1. The van der Waals surface area contributed by atoms with Crippen LogP contribution in [0.2, 0.25) is 0 Å². The summed E-state index contributed by atoms with van der Waals surface area (Å²) in [5.74, 6) is 0. The number of nitrogens with zero attached hydrogens (tertiary/aromatic N) is 4. The van der Waals surface area contributed by atoms with E-state index >= 15 is 0 Å². The third kappa shape index (κ3) is 10.7. The van der Waals surface area contributed by atoms with Crippen molar-refractivity contribution in [2.45, 2.75) is 28.7 Å². The van der Waals surface area contributed by atoms with Crippen molar-refractivity contribution < 1.29 is 9.85 Å². The Morgan fingerprint density at radius 1 is 0.771 bits per heavy atom. The van der Waals surface area contributed by atoms with Crippen LogP contribution in [0.1, 0.15) is 11.1 Å². The maximum absolute atomic E-state index is 10.5. The van der Waals surface area contributed by atoms with Crippen molar-refractivity contribution in [3.05, 3.63) is 121 Å². The highest BCUT2D eigenvalue weighted by molar-refractivity contribution is 9.10. The molecule has 0 aliphatic carbocycles. The fraction of sp³-hybridized carbons (Fsp3) is 0.0833. The maximum atomic E-state index is 10.5. The molecule has 0 fully saturated rings. The minimum Gasteiger partial charge on any atom is -0.258 e. The van der Waals surface area contributed by atoms with Crippen LogP contribution in [-0.4, -0.2) is 19.8 Å². The quantitative estimate of drug-likeness (QED) is 0.117. The molecule has 0 aliphatic heterocycles. The number of non-ortho nitro benzene ring substituents is 2. The molecule has 0 spiro atoms. The molecule has 0 amide bonds. The fourth-order valence-electron chi connectivity index (χ4n) is 2.39. The van der Waals surface area contributed by atoms with Gasteiger partial charge < -0.3 is 0 Å². The second kappa shape index (κ2) is 14.2. The van der Waals surface area contributed by atoms with E-state index in [0.717, 1.165) is 25.0 Å². The molecular formula is C24H21BrN4O4S2. The van der Waals surface area contributed by atoms with E-state index in [9.17, 15) is 20.2 Å². The summed E-state index contributed by atoms with van der Waals surface area (Å²) in [6.07, 6.45) is 3.53. The molecule has 0 aliphatic rings. The Morgan fingerprint density at radius 2 is 1.26 bits per heavy atom. The number of halogens is 1. The van der Waals surface area contributed by atoms with E-state index < -0.39 is 9.85 Å². The Kier molecular flexibility index (Phi) is 11.3. The lowest BCUT2D eigenvalue weighted by Gasteiger charge is -2.01. The van der Waals surface area contributed by atoms with Gasteiger partial charge in [-0.1, -0.05) is 11.8 Å². The van der Waals surface area contributed by atoms with Gasteiger partial charge >= 0.3 is 0 Å². The molecule has 0 saturated heterocycles. The number of thiol groups is 1. The average molecular weight is 573 g/mol. The van der Waals surface area contributed by atoms with Crippen LogP contribution in [0.5, 0.6) is 0 Å². The SMILES string of the molecule is Cc1ccnc(Br)c1.Cc1ccnc(Sc2ccc([N+](=O)[O-])cc2)c1.O=[N+]([O-])c1ccc(S)cc1. The Balaban J connectivity index is 0.000000204. The largest absolute Gasteiger partial charge is 0.269 e. The van der Waals surface area contributed by atoms with Gasteiger partial charge in [-0.3, -0.25) is 20.2 Å². The zero-order valence-electron chi connectivity index (χ0n) is 18.7. The number of pyridine rings is 2. The average Bonchev–Trinajstić information content (AvgIpc) is 2.80. The first-order valence-electron chi connectivity index (χ1n) is 10.0. The molecule has 4 aromatic rings. The lowest BCUT2D eigenvalue weighted by molar-refractivity contribution is -0.385. The zero-order chi connectivity index (χ0) is 25.8. The van der Waals surface area contributed by atoms with E-state index in [2.05, 4.69) is 38.5 Å². The van der Waals surface area contributed by atoms with Crippen LogP contribution in [0.4, 0.5) is 11.4 Å². The molecule has 35 heavy (non-hydrogen) atoms. The van der Waals surface area contributed by atoms with Crippen molar-refractivity contribution in [2.75, 3.05) is 0 Å². The molecule has 2 aromatic heterocycles. The molecular weight excluding hydrogens is 552 g/mol. The predicted molar refractivity (Wildman–Crippen MR) is 143 cm³/mol. The number of nitro benzene ring substituents is 2. The summed E-state index contributed by atoms with van der Waals surface area (Å²) < 4.78 is 0.900. The molecule has 11 heteroatoms. The van der Waals surface area contributed by atoms with Crippen LogP contribution in [0.15, 0.2) is 105 Å². The van der Waals surface area contributed by atoms with Crippen LogP contribution in [0, 0.1) is 34.1 Å². The van der Waals surface area contributed by atoms with Gasteiger partial charge in [0.05, 0.1) is 9.85 Å². The van der Waals surface area contributed by atoms with Crippen molar-refractivity contribution >= 4 is 51.7 Å². The van der Waals surface area contributed by atoms with Crippen LogP contribution in [0.25, 0.3) is 0 Å². The van der Waals surface area contributed by atoms with E-state index in [1.54, 1.807) is 36.7 Å². The van der Waals surface area contributed by atoms with E-state index in [1.807, 2.05) is 38.1 Å². The third-order valence-electron chi connectivity index (χ3n) is 4.10. The minimum atomic E-state index is -0.437. The predicted octanol–water partition coefficient (Wildman–Crippen LogP) is 7.49. The molecule has 8 nitrogen and oxygen atoms in total. The summed E-state index contributed by atoms with van der Waals surface area (Å²) in [4.78, 5) is 29.6. The molecule has 0 unspecified atom stereocenters. The van der Waals surface area contributed by atoms with Crippen LogP contribution >= 0.6 is 40.3 Å². The first kappa shape index (κ1) is 28.0. The van der Waals surface area contributed by atoms with Gasteiger partial charge in [-0.2, -0.15) is 0 Å². The van der Waals surface area contributed by atoms with Gasteiger partial charge in [-0.15, -0.1) is 12.6 Å². The summed E-state index contributed by atoms with van der Waals surface area (Å²) >= 11 is 8.72. The second-order valence-corrected chi connectivity index (χ2v) is 9.38. The smallest absolute Gasteiger partial charge is 0.258 e. The van der Waals surface area contributed by atoms with Crippen molar-refractivity contribution in [3.8, 4) is 0 Å². The van der Waals surface area contributed by atoms with Crippen molar-refractivity contribution in [1.82, 2.24) is 9.97 Å². The summed E-state index contributed by atoms with van der Waals surface area (Å²) in [7, 11) is 0. The standard InChI is InChI=1S/C12H10N2O2S.C6H6BrN.C6H5NO2S/c1-9-6-7-13-12(8-9)17-11-4-2-10(3-5-11)14(15)16;1-5-2-3-8-6(7)4-5;8-7(9)5-1-3-6(10)4-2-5/h2-8H,1H3;2-4H,1H3;1-4,10H. The molecule has 0 atom stereocenters. The highest BCUT2D eigenvalue weighted by Gasteiger charge is 2.05. The molecule has 0 N–H and O–H groups in total. The monoisotopic (exact) mass is 572 g/mol. The number of rotatable bonds is 4. The molecule has 2 heterocycles. The number of benzene rings is 2. The lowest BCUT2D eigenvalue weighted by atomic mass is 10.3. The molecule has 0 saturated carbocycles. The van der Waals surface area contributed by atoms with Crippen LogP contribution < -0.4 is 0 Å². The van der Waals surface area contributed by atoms with Crippen LogP contribution in [0.3, 0.4) is 0 Å². The van der Waals surface area contributed by atoms with Gasteiger partial charge in [0.1, 0.15) is 9.63 Å². The summed E-state index contributed by atoms with van der Waals surface area (Å²) in [5, 5.41) is 21.5. The Morgan fingerprint density at radius 3 is 1.69 bits per heavy atom. The number of hydrogen-bond acceptors (Lipinski definition) is 8. The lowest BCUT2D eigenvalue weighted by Crippen LogP contribution is -1.86. The highest BCUT2D eigenvalue weighted by Crippen LogP contribution is 2.27. The van der Waals surface area contributed by atoms with Gasteiger partial charge in [-0.05, 0) is 89.4 Å². The molecule has 0 bridgehead atoms.